The Hall–Kier alpha value is -2.69. The molecule has 0 N–H and O–H groups in total. The lowest BCUT2D eigenvalue weighted by atomic mass is 10.2. The Kier molecular flexibility index (Phi) is 6.58. The molecule has 0 bridgehead atoms. The fourth-order valence-corrected chi connectivity index (χ4v) is 2.58. The van der Waals surface area contributed by atoms with Crippen LogP contribution < -0.4 is 4.74 Å². The van der Waals surface area contributed by atoms with Gasteiger partial charge in [0.05, 0.1) is 5.69 Å². The van der Waals surface area contributed by atoms with Crippen LogP contribution in [-0.4, -0.2) is 12.2 Å². The summed E-state index contributed by atoms with van der Waals surface area (Å²) in [6.07, 6.45) is 4.85. The summed E-state index contributed by atoms with van der Waals surface area (Å²) < 4.78 is 6.28. The van der Waals surface area contributed by atoms with Crippen molar-refractivity contribution in [3.05, 3.63) is 99.5 Å². The third-order valence-electron chi connectivity index (χ3n) is 3.57. The molecule has 134 valence electrons. The van der Waals surface area contributed by atoms with E-state index >= 15 is 0 Å². The molecule has 3 aromatic rings. The first kappa shape index (κ1) is 19.1. The van der Waals surface area contributed by atoms with E-state index < -0.39 is 5.97 Å². The van der Waals surface area contributed by atoms with Crippen molar-refractivity contribution in [2.75, 3.05) is 0 Å². The first-order chi connectivity index (χ1) is 13.1. The van der Waals surface area contributed by atoms with Gasteiger partial charge in [-0.25, -0.2) is 4.79 Å². The molecule has 0 aromatic heterocycles. The summed E-state index contributed by atoms with van der Waals surface area (Å²) in [4.78, 5) is 16.3. The molecule has 0 aliphatic heterocycles. The first-order valence-electron chi connectivity index (χ1n) is 8.14. The number of esters is 1. The number of nitrogens with zero attached hydrogens (tertiary/aromatic N) is 1. The minimum absolute atomic E-state index is 0.430. The summed E-state index contributed by atoms with van der Waals surface area (Å²) in [6, 6.07) is 22.0. The zero-order valence-electron chi connectivity index (χ0n) is 14.2. The number of benzene rings is 3. The number of hydrogen-bond acceptors (Lipinski definition) is 3. The van der Waals surface area contributed by atoms with Gasteiger partial charge in [-0.2, -0.15) is 0 Å². The van der Waals surface area contributed by atoms with Gasteiger partial charge in [0.2, 0.25) is 0 Å². The van der Waals surface area contributed by atoms with E-state index in [-0.39, 0.29) is 0 Å². The zero-order valence-corrected chi connectivity index (χ0v) is 16.5. The van der Waals surface area contributed by atoms with E-state index in [1.54, 1.807) is 36.6 Å². The zero-order chi connectivity index (χ0) is 19.1. The molecule has 0 saturated heterocycles. The summed E-state index contributed by atoms with van der Waals surface area (Å²) in [5.41, 5.74) is 2.63. The number of halogens is 2. The number of carbonyl (C=O) groups excluding carboxylic acids is 1. The van der Waals surface area contributed by atoms with Crippen LogP contribution in [0.3, 0.4) is 0 Å². The van der Waals surface area contributed by atoms with Crippen LogP contribution in [-0.2, 0) is 4.79 Å². The topological polar surface area (TPSA) is 38.7 Å². The van der Waals surface area contributed by atoms with E-state index in [4.69, 9.17) is 16.3 Å². The minimum atomic E-state index is -0.430. The SMILES string of the molecule is O=C(/C=C\c1ccc(Br)cc1)Oc1ccc(C=Nc2ccc(Cl)cc2)cc1. The van der Waals surface area contributed by atoms with E-state index in [0.29, 0.717) is 10.8 Å². The summed E-state index contributed by atoms with van der Waals surface area (Å²) in [6.45, 7) is 0. The van der Waals surface area contributed by atoms with E-state index in [1.807, 2.05) is 48.5 Å². The van der Waals surface area contributed by atoms with Crippen LogP contribution in [0.4, 0.5) is 5.69 Å². The number of rotatable bonds is 5. The quantitative estimate of drug-likeness (QED) is 0.197. The molecule has 3 aromatic carbocycles. The number of hydrogen-bond donors (Lipinski definition) is 0. The molecule has 0 aliphatic rings. The van der Waals surface area contributed by atoms with Crippen molar-refractivity contribution in [2.45, 2.75) is 0 Å². The highest BCUT2D eigenvalue weighted by atomic mass is 79.9. The highest BCUT2D eigenvalue weighted by molar-refractivity contribution is 9.10. The molecule has 5 heteroatoms. The molecule has 0 amide bonds. The smallest absolute Gasteiger partial charge is 0.336 e. The predicted molar refractivity (Wildman–Crippen MR) is 114 cm³/mol. The first-order valence-corrected chi connectivity index (χ1v) is 9.31. The Morgan fingerprint density at radius 2 is 1.52 bits per heavy atom. The van der Waals surface area contributed by atoms with Gasteiger partial charge in [-0.1, -0.05) is 39.7 Å². The van der Waals surface area contributed by atoms with Gasteiger partial charge in [0, 0.05) is 21.8 Å². The molecule has 0 radical (unpaired) electrons. The maximum atomic E-state index is 11.9. The van der Waals surface area contributed by atoms with Crippen LogP contribution in [0.15, 0.2) is 88.3 Å². The van der Waals surface area contributed by atoms with E-state index in [2.05, 4.69) is 20.9 Å². The van der Waals surface area contributed by atoms with E-state index in [0.717, 1.165) is 21.3 Å². The molecule has 0 heterocycles. The van der Waals surface area contributed by atoms with Gasteiger partial charge in [-0.05, 0) is 77.9 Å². The Labute approximate surface area is 171 Å². The molecule has 3 nitrogen and oxygen atoms in total. The lowest BCUT2D eigenvalue weighted by Crippen LogP contribution is -2.03. The van der Waals surface area contributed by atoms with Crippen LogP contribution in [0.2, 0.25) is 5.02 Å². The minimum Gasteiger partial charge on any atom is -0.423 e. The van der Waals surface area contributed by atoms with Crippen molar-refractivity contribution in [3.63, 3.8) is 0 Å². The summed E-state index contributed by atoms with van der Waals surface area (Å²) in [7, 11) is 0. The normalized spacial score (nSPS) is 11.2. The summed E-state index contributed by atoms with van der Waals surface area (Å²) in [5.74, 6) is 0.0459. The number of ether oxygens (including phenoxy) is 1. The van der Waals surface area contributed by atoms with Gasteiger partial charge in [-0.3, -0.25) is 4.99 Å². The standard InChI is InChI=1S/C22H15BrClNO2/c23-18-6-1-16(2-7-18)5-14-22(26)27-21-12-3-17(4-13-21)15-25-20-10-8-19(24)9-11-20/h1-15H/b14-5-,25-15?. The third kappa shape index (κ3) is 6.20. The number of aliphatic imine (C=N–C) groups is 1. The van der Waals surface area contributed by atoms with Crippen LogP contribution >= 0.6 is 27.5 Å². The molecule has 0 saturated carbocycles. The van der Waals surface area contributed by atoms with Gasteiger partial charge in [0.25, 0.3) is 0 Å². The second-order valence-corrected chi connectivity index (χ2v) is 6.96. The Bertz CT molecular complexity index is 963. The van der Waals surface area contributed by atoms with Gasteiger partial charge < -0.3 is 4.74 Å². The van der Waals surface area contributed by atoms with Crippen molar-refractivity contribution >= 4 is 51.5 Å². The molecule has 0 unspecified atom stereocenters. The molecule has 0 atom stereocenters. The van der Waals surface area contributed by atoms with Crippen molar-refractivity contribution in [2.24, 2.45) is 4.99 Å². The summed E-state index contributed by atoms with van der Waals surface area (Å²) in [5, 5.41) is 0.675. The fraction of sp³-hybridized carbons (Fsp3) is 0. The Balaban J connectivity index is 1.57. The second-order valence-electron chi connectivity index (χ2n) is 5.61. The summed E-state index contributed by atoms with van der Waals surface area (Å²) >= 11 is 9.22. The van der Waals surface area contributed by atoms with Crippen molar-refractivity contribution < 1.29 is 9.53 Å². The number of carbonyl (C=O) groups is 1. The molecule has 27 heavy (non-hydrogen) atoms. The highest BCUT2D eigenvalue weighted by Gasteiger charge is 2.00. The van der Waals surface area contributed by atoms with Crippen molar-refractivity contribution in [1.82, 2.24) is 0 Å². The lowest BCUT2D eigenvalue weighted by Gasteiger charge is -2.02. The van der Waals surface area contributed by atoms with Gasteiger partial charge in [0.1, 0.15) is 5.75 Å². The second kappa shape index (κ2) is 9.31. The molecule has 0 spiro atoms. The Morgan fingerprint density at radius 1 is 0.889 bits per heavy atom. The van der Waals surface area contributed by atoms with Gasteiger partial charge >= 0.3 is 5.97 Å². The van der Waals surface area contributed by atoms with Crippen LogP contribution in [0, 0.1) is 0 Å². The van der Waals surface area contributed by atoms with E-state index in [1.165, 1.54) is 6.08 Å². The maximum Gasteiger partial charge on any atom is 0.336 e. The fourth-order valence-electron chi connectivity index (χ4n) is 2.19. The predicted octanol–water partition coefficient (Wildman–Crippen LogP) is 6.47. The largest absolute Gasteiger partial charge is 0.423 e. The van der Waals surface area contributed by atoms with Crippen LogP contribution in [0.5, 0.6) is 5.75 Å². The van der Waals surface area contributed by atoms with Gasteiger partial charge in [-0.15, -0.1) is 0 Å². The lowest BCUT2D eigenvalue weighted by molar-refractivity contribution is -0.128. The third-order valence-corrected chi connectivity index (χ3v) is 4.35. The highest BCUT2D eigenvalue weighted by Crippen LogP contribution is 2.17. The van der Waals surface area contributed by atoms with Crippen molar-refractivity contribution in [1.29, 1.82) is 0 Å². The van der Waals surface area contributed by atoms with E-state index in [9.17, 15) is 4.79 Å². The van der Waals surface area contributed by atoms with Crippen LogP contribution in [0.25, 0.3) is 6.08 Å². The average molecular weight is 441 g/mol. The van der Waals surface area contributed by atoms with Crippen LogP contribution in [0.1, 0.15) is 11.1 Å². The van der Waals surface area contributed by atoms with Gasteiger partial charge in [0.15, 0.2) is 0 Å². The molecular weight excluding hydrogens is 426 g/mol. The molecule has 0 fully saturated rings. The Morgan fingerprint density at radius 3 is 2.19 bits per heavy atom. The molecule has 0 aliphatic carbocycles. The maximum absolute atomic E-state index is 11.9. The average Bonchev–Trinajstić information content (AvgIpc) is 2.68. The molecular formula is C22H15BrClNO2. The monoisotopic (exact) mass is 439 g/mol. The molecule has 3 rings (SSSR count). The van der Waals surface area contributed by atoms with Crippen molar-refractivity contribution in [3.8, 4) is 5.75 Å².